The third kappa shape index (κ3) is 10.5. The number of alkyl halides is 3. The van der Waals surface area contributed by atoms with E-state index in [1.807, 2.05) is 0 Å². The molecule has 1 fully saturated rings. The fourth-order valence-electron chi connectivity index (χ4n) is 4.53. The third-order valence-corrected chi connectivity index (χ3v) is 7.74. The van der Waals surface area contributed by atoms with Gasteiger partial charge in [0.2, 0.25) is 11.8 Å². The van der Waals surface area contributed by atoms with Crippen LogP contribution in [0.2, 0.25) is 10.0 Å². The molecular weight excluding hydrogens is 581 g/mol. The maximum atomic E-state index is 13.9. The SMILES string of the molecule is CN(C(=O)/C=C/c1cc(C(F)(F)F)ccc1F)C1CCN(CCCCCNC(=O)/C=C/c2ccc(Cl)c(Cl)c2)CC1. The van der Waals surface area contributed by atoms with Crippen molar-refractivity contribution in [1.82, 2.24) is 15.1 Å². The molecule has 0 saturated carbocycles. The summed E-state index contributed by atoms with van der Waals surface area (Å²) in [5.41, 5.74) is -0.462. The lowest BCUT2D eigenvalue weighted by atomic mass is 10.0. The van der Waals surface area contributed by atoms with Gasteiger partial charge in [-0.3, -0.25) is 9.59 Å². The lowest BCUT2D eigenvalue weighted by Gasteiger charge is -2.36. The number of rotatable bonds is 11. The molecule has 1 aliphatic heterocycles. The minimum Gasteiger partial charge on any atom is -0.353 e. The third-order valence-electron chi connectivity index (χ3n) is 7.00. The van der Waals surface area contributed by atoms with Gasteiger partial charge in [0.25, 0.3) is 0 Å². The highest BCUT2D eigenvalue weighted by Gasteiger charge is 2.31. The molecule has 5 nitrogen and oxygen atoms in total. The van der Waals surface area contributed by atoms with Gasteiger partial charge in [-0.1, -0.05) is 35.7 Å². The van der Waals surface area contributed by atoms with E-state index >= 15 is 0 Å². The number of unbranched alkanes of at least 4 members (excludes halogenated alkanes) is 2. The highest BCUT2D eigenvalue weighted by molar-refractivity contribution is 6.42. The summed E-state index contributed by atoms with van der Waals surface area (Å²) < 4.78 is 52.7. The molecule has 3 rings (SSSR count). The lowest BCUT2D eigenvalue weighted by molar-refractivity contribution is -0.137. The fraction of sp³-hybridized carbons (Fsp3) is 0.400. The fourth-order valence-corrected chi connectivity index (χ4v) is 4.84. The number of likely N-dealkylation sites (tertiary alicyclic amines) is 1. The number of hydrogen-bond donors (Lipinski definition) is 1. The molecule has 1 aliphatic rings. The Morgan fingerprint density at radius 1 is 1.00 bits per heavy atom. The van der Waals surface area contributed by atoms with E-state index in [9.17, 15) is 27.2 Å². The van der Waals surface area contributed by atoms with Gasteiger partial charge in [-0.15, -0.1) is 0 Å². The Morgan fingerprint density at radius 3 is 2.41 bits per heavy atom. The zero-order valence-corrected chi connectivity index (χ0v) is 24.2. The first-order valence-electron chi connectivity index (χ1n) is 13.4. The Bertz CT molecular complexity index is 1260. The standard InChI is InChI=1S/C30H33Cl2F4N3O2/c1-38(29(41)12-7-22-20-23(30(34,35)36)8-10-27(22)33)24-13-17-39(18-14-24)16-4-2-3-15-37-28(40)11-6-21-5-9-25(31)26(32)19-21/h5-12,19-20,24H,2-4,13-18H2,1H3,(H,37,40)/b11-6+,12-7+. The van der Waals surface area contributed by atoms with Crippen molar-refractivity contribution in [1.29, 1.82) is 0 Å². The molecule has 222 valence electrons. The van der Waals surface area contributed by atoms with Crippen molar-refractivity contribution in [3.63, 3.8) is 0 Å². The molecular formula is C30H33Cl2F4N3O2. The van der Waals surface area contributed by atoms with Crippen LogP contribution in [-0.2, 0) is 15.8 Å². The van der Waals surface area contributed by atoms with Gasteiger partial charge in [0, 0.05) is 50.4 Å². The number of benzene rings is 2. The zero-order chi connectivity index (χ0) is 30.0. The first kappa shape index (κ1) is 32.6. The molecule has 0 radical (unpaired) electrons. The molecule has 0 spiro atoms. The lowest BCUT2D eigenvalue weighted by Crippen LogP contribution is -2.45. The van der Waals surface area contributed by atoms with Crippen molar-refractivity contribution in [2.45, 2.75) is 44.3 Å². The predicted molar refractivity (Wildman–Crippen MR) is 155 cm³/mol. The average molecular weight is 615 g/mol. The largest absolute Gasteiger partial charge is 0.416 e. The second kappa shape index (κ2) is 15.4. The van der Waals surface area contributed by atoms with Crippen molar-refractivity contribution < 1.29 is 27.2 Å². The summed E-state index contributed by atoms with van der Waals surface area (Å²) in [6.45, 7) is 3.15. The first-order chi connectivity index (χ1) is 19.4. The van der Waals surface area contributed by atoms with E-state index in [-0.39, 0.29) is 23.4 Å². The van der Waals surface area contributed by atoms with Gasteiger partial charge in [-0.05, 0) is 80.3 Å². The Morgan fingerprint density at radius 2 is 1.73 bits per heavy atom. The monoisotopic (exact) mass is 613 g/mol. The van der Waals surface area contributed by atoms with Crippen molar-refractivity contribution in [2.75, 3.05) is 33.2 Å². The number of nitrogens with zero attached hydrogens (tertiary/aromatic N) is 2. The second-order valence-electron chi connectivity index (χ2n) is 9.95. The molecule has 0 unspecified atom stereocenters. The normalized spacial score (nSPS) is 15.1. The van der Waals surface area contributed by atoms with Crippen LogP contribution in [0.4, 0.5) is 17.6 Å². The number of likely N-dealkylation sites (N-methyl/N-ethyl adjacent to an activating group) is 1. The number of piperidine rings is 1. The molecule has 2 aromatic carbocycles. The van der Waals surface area contributed by atoms with E-state index in [1.165, 1.54) is 6.08 Å². The van der Waals surface area contributed by atoms with Gasteiger partial charge in [-0.2, -0.15) is 13.2 Å². The molecule has 1 saturated heterocycles. The molecule has 41 heavy (non-hydrogen) atoms. The number of amides is 2. The van der Waals surface area contributed by atoms with E-state index in [2.05, 4.69) is 10.2 Å². The summed E-state index contributed by atoms with van der Waals surface area (Å²) >= 11 is 11.9. The molecule has 0 aliphatic carbocycles. The van der Waals surface area contributed by atoms with Gasteiger partial charge in [0.05, 0.1) is 15.6 Å². The Kier molecular flexibility index (Phi) is 12.2. The van der Waals surface area contributed by atoms with Crippen molar-refractivity contribution in [3.05, 3.63) is 81.1 Å². The van der Waals surface area contributed by atoms with Crippen LogP contribution in [-0.4, -0.2) is 60.9 Å². The Labute approximate surface area is 247 Å². The minimum atomic E-state index is -4.59. The van der Waals surface area contributed by atoms with Gasteiger partial charge < -0.3 is 15.1 Å². The van der Waals surface area contributed by atoms with E-state index in [0.29, 0.717) is 28.7 Å². The number of nitrogens with one attached hydrogen (secondary N) is 1. The highest BCUT2D eigenvalue weighted by atomic mass is 35.5. The second-order valence-corrected chi connectivity index (χ2v) is 10.8. The maximum Gasteiger partial charge on any atom is 0.416 e. The minimum absolute atomic E-state index is 0.00178. The van der Waals surface area contributed by atoms with Crippen LogP contribution >= 0.6 is 23.2 Å². The molecule has 2 amide bonds. The van der Waals surface area contributed by atoms with Gasteiger partial charge in [0.1, 0.15) is 5.82 Å². The van der Waals surface area contributed by atoms with Crippen LogP contribution in [0.15, 0.2) is 48.6 Å². The van der Waals surface area contributed by atoms with Crippen molar-refractivity contribution in [2.24, 2.45) is 0 Å². The van der Waals surface area contributed by atoms with Crippen LogP contribution in [0.1, 0.15) is 48.8 Å². The molecule has 0 atom stereocenters. The summed E-state index contributed by atoms with van der Waals surface area (Å²) in [7, 11) is 1.66. The van der Waals surface area contributed by atoms with Crippen LogP contribution in [0.25, 0.3) is 12.2 Å². The Hall–Kier alpha value is -2.88. The topological polar surface area (TPSA) is 52.7 Å². The van der Waals surface area contributed by atoms with Crippen LogP contribution < -0.4 is 5.32 Å². The summed E-state index contributed by atoms with van der Waals surface area (Å²) in [5.74, 6) is -1.38. The molecule has 0 bridgehead atoms. The van der Waals surface area contributed by atoms with Gasteiger partial charge in [-0.25, -0.2) is 4.39 Å². The number of halogens is 6. The van der Waals surface area contributed by atoms with E-state index in [1.54, 1.807) is 36.2 Å². The van der Waals surface area contributed by atoms with E-state index in [0.717, 1.165) is 75.5 Å². The number of carbonyl (C=O) groups is 2. The summed E-state index contributed by atoms with van der Waals surface area (Å²) in [6.07, 6.45) is 5.12. The smallest absolute Gasteiger partial charge is 0.353 e. The molecule has 1 N–H and O–H groups in total. The molecule has 2 aromatic rings. The summed E-state index contributed by atoms with van der Waals surface area (Å²) in [4.78, 5) is 28.5. The molecule has 11 heteroatoms. The van der Waals surface area contributed by atoms with E-state index in [4.69, 9.17) is 23.2 Å². The van der Waals surface area contributed by atoms with Crippen molar-refractivity contribution >= 4 is 47.2 Å². The highest BCUT2D eigenvalue weighted by Crippen LogP contribution is 2.30. The van der Waals surface area contributed by atoms with Crippen LogP contribution in [0.3, 0.4) is 0 Å². The number of carbonyl (C=O) groups excluding carboxylic acids is 2. The Balaban J connectivity index is 1.31. The van der Waals surface area contributed by atoms with E-state index < -0.39 is 17.6 Å². The summed E-state index contributed by atoms with van der Waals surface area (Å²) in [6, 6.07) is 7.27. The quantitative estimate of drug-likeness (QED) is 0.167. The zero-order valence-electron chi connectivity index (χ0n) is 22.7. The maximum absolute atomic E-state index is 13.9. The molecule has 0 aromatic heterocycles. The van der Waals surface area contributed by atoms with Gasteiger partial charge >= 0.3 is 6.18 Å². The van der Waals surface area contributed by atoms with Crippen molar-refractivity contribution in [3.8, 4) is 0 Å². The first-order valence-corrected chi connectivity index (χ1v) is 14.1. The summed E-state index contributed by atoms with van der Waals surface area (Å²) in [5, 5.41) is 3.76. The van der Waals surface area contributed by atoms with Crippen LogP contribution in [0.5, 0.6) is 0 Å². The number of hydrogen-bond acceptors (Lipinski definition) is 3. The van der Waals surface area contributed by atoms with Crippen LogP contribution in [0, 0.1) is 5.82 Å². The molecule has 1 heterocycles. The van der Waals surface area contributed by atoms with Gasteiger partial charge in [0.15, 0.2) is 0 Å². The predicted octanol–water partition coefficient (Wildman–Crippen LogP) is 7.09. The average Bonchev–Trinajstić information content (AvgIpc) is 2.94.